The zero-order valence-corrected chi connectivity index (χ0v) is 12.5. The van der Waals surface area contributed by atoms with Crippen molar-refractivity contribution in [3.63, 3.8) is 0 Å². The summed E-state index contributed by atoms with van der Waals surface area (Å²) >= 11 is 0. The van der Waals surface area contributed by atoms with Gasteiger partial charge in [0.1, 0.15) is 0 Å². The fourth-order valence-electron chi connectivity index (χ4n) is 2.93. The summed E-state index contributed by atoms with van der Waals surface area (Å²) in [6.45, 7) is 8.20. The number of likely N-dealkylation sites (N-methyl/N-ethyl adjacent to an activating group) is 1. The number of rotatable bonds is 6. The van der Waals surface area contributed by atoms with E-state index in [0.29, 0.717) is 6.04 Å². The van der Waals surface area contributed by atoms with E-state index in [0.717, 1.165) is 24.4 Å². The van der Waals surface area contributed by atoms with Crippen LogP contribution >= 0.6 is 0 Å². The zero-order chi connectivity index (χ0) is 12.8. The van der Waals surface area contributed by atoms with Gasteiger partial charge in [0.25, 0.3) is 0 Å². The van der Waals surface area contributed by atoms with E-state index in [-0.39, 0.29) is 0 Å². The molecular weight excluding hydrogens is 208 g/mol. The number of nitrogens with zero attached hydrogens (tertiary/aromatic N) is 1. The second-order valence-electron chi connectivity index (χ2n) is 6.52. The summed E-state index contributed by atoms with van der Waals surface area (Å²) in [5.41, 5.74) is 0. The van der Waals surface area contributed by atoms with Crippen LogP contribution in [0.3, 0.4) is 0 Å². The van der Waals surface area contributed by atoms with E-state index in [1.165, 1.54) is 32.1 Å². The van der Waals surface area contributed by atoms with Crippen molar-refractivity contribution >= 4 is 0 Å². The van der Waals surface area contributed by atoms with E-state index < -0.39 is 0 Å². The molecule has 0 aromatic heterocycles. The van der Waals surface area contributed by atoms with Gasteiger partial charge in [-0.2, -0.15) is 0 Å². The zero-order valence-electron chi connectivity index (χ0n) is 12.5. The van der Waals surface area contributed by atoms with Gasteiger partial charge in [-0.3, -0.25) is 0 Å². The summed E-state index contributed by atoms with van der Waals surface area (Å²) in [6, 6.07) is 1.45. The summed E-state index contributed by atoms with van der Waals surface area (Å²) in [4.78, 5) is 2.38. The molecular formula is C15H32N2. The van der Waals surface area contributed by atoms with Crippen LogP contribution in [-0.4, -0.2) is 37.6 Å². The van der Waals surface area contributed by atoms with Crippen LogP contribution in [0.1, 0.15) is 52.9 Å². The van der Waals surface area contributed by atoms with Gasteiger partial charge in [-0.05, 0) is 45.2 Å². The summed E-state index contributed by atoms with van der Waals surface area (Å²) in [6.07, 6.45) is 6.93. The standard InChI is InChI=1S/C15H32N2/c1-12(2)10-14(17(4)5)11-16-15-9-7-6-8-13(15)3/h12-16H,6-11H2,1-5H3. The predicted octanol–water partition coefficient (Wildman–Crippen LogP) is 3.13. The third kappa shape index (κ3) is 5.39. The maximum atomic E-state index is 3.82. The Bertz CT molecular complexity index is 201. The van der Waals surface area contributed by atoms with Crippen LogP contribution in [0, 0.1) is 11.8 Å². The van der Waals surface area contributed by atoms with Crippen molar-refractivity contribution in [3.05, 3.63) is 0 Å². The van der Waals surface area contributed by atoms with Crippen LogP contribution in [0.15, 0.2) is 0 Å². The molecule has 3 unspecified atom stereocenters. The topological polar surface area (TPSA) is 15.3 Å². The Morgan fingerprint density at radius 1 is 1.18 bits per heavy atom. The Morgan fingerprint density at radius 2 is 1.82 bits per heavy atom. The Morgan fingerprint density at radius 3 is 2.35 bits per heavy atom. The quantitative estimate of drug-likeness (QED) is 0.767. The smallest absolute Gasteiger partial charge is 0.0217 e. The van der Waals surface area contributed by atoms with Gasteiger partial charge in [0.15, 0.2) is 0 Å². The van der Waals surface area contributed by atoms with Crippen molar-refractivity contribution in [3.8, 4) is 0 Å². The average molecular weight is 240 g/mol. The van der Waals surface area contributed by atoms with E-state index in [2.05, 4.69) is 45.1 Å². The molecule has 0 heterocycles. The van der Waals surface area contributed by atoms with E-state index in [4.69, 9.17) is 0 Å². The maximum Gasteiger partial charge on any atom is 0.0217 e. The molecule has 1 aliphatic rings. The maximum absolute atomic E-state index is 3.82. The van der Waals surface area contributed by atoms with E-state index >= 15 is 0 Å². The lowest BCUT2D eigenvalue weighted by atomic mass is 9.85. The Hall–Kier alpha value is -0.0800. The molecule has 0 bridgehead atoms. The Kier molecular flexibility index (Phi) is 6.50. The molecule has 1 aliphatic carbocycles. The van der Waals surface area contributed by atoms with Crippen molar-refractivity contribution in [1.82, 2.24) is 10.2 Å². The second-order valence-corrected chi connectivity index (χ2v) is 6.52. The first-order chi connectivity index (χ1) is 8.00. The molecule has 17 heavy (non-hydrogen) atoms. The van der Waals surface area contributed by atoms with Gasteiger partial charge in [-0.25, -0.2) is 0 Å². The van der Waals surface area contributed by atoms with Crippen LogP contribution in [0.4, 0.5) is 0 Å². The minimum Gasteiger partial charge on any atom is -0.312 e. The van der Waals surface area contributed by atoms with Crippen molar-refractivity contribution in [2.45, 2.75) is 65.0 Å². The van der Waals surface area contributed by atoms with Gasteiger partial charge in [-0.1, -0.05) is 33.6 Å². The first-order valence-electron chi connectivity index (χ1n) is 7.40. The van der Waals surface area contributed by atoms with Crippen molar-refractivity contribution in [2.75, 3.05) is 20.6 Å². The lowest BCUT2D eigenvalue weighted by molar-refractivity contribution is 0.213. The molecule has 0 aromatic carbocycles. The predicted molar refractivity (Wildman–Crippen MR) is 76.4 cm³/mol. The molecule has 1 saturated carbocycles. The molecule has 102 valence electrons. The molecule has 0 saturated heterocycles. The Labute approximate surface area is 108 Å². The normalized spacial score (nSPS) is 27.7. The molecule has 0 aromatic rings. The van der Waals surface area contributed by atoms with Crippen LogP contribution < -0.4 is 5.32 Å². The first-order valence-corrected chi connectivity index (χ1v) is 7.40. The van der Waals surface area contributed by atoms with Gasteiger partial charge in [-0.15, -0.1) is 0 Å². The van der Waals surface area contributed by atoms with Gasteiger partial charge in [0.05, 0.1) is 0 Å². The largest absolute Gasteiger partial charge is 0.312 e. The summed E-state index contributed by atoms with van der Waals surface area (Å²) in [5.74, 6) is 1.65. The van der Waals surface area contributed by atoms with E-state index in [1.54, 1.807) is 0 Å². The highest BCUT2D eigenvalue weighted by atomic mass is 15.1. The molecule has 0 spiro atoms. The van der Waals surface area contributed by atoms with Crippen LogP contribution in [0.5, 0.6) is 0 Å². The van der Waals surface area contributed by atoms with Crippen LogP contribution in [0.2, 0.25) is 0 Å². The fraction of sp³-hybridized carbons (Fsp3) is 1.00. The average Bonchev–Trinajstić information content (AvgIpc) is 2.25. The van der Waals surface area contributed by atoms with E-state index in [1.807, 2.05) is 0 Å². The molecule has 2 nitrogen and oxygen atoms in total. The van der Waals surface area contributed by atoms with Crippen molar-refractivity contribution < 1.29 is 0 Å². The number of hydrogen-bond donors (Lipinski definition) is 1. The lowest BCUT2D eigenvalue weighted by Gasteiger charge is -2.33. The molecule has 0 amide bonds. The van der Waals surface area contributed by atoms with Crippen molar-refractivity contribution in [2.24, 2.45) is 11.8 Å². The highest BCUT2D eigenvalue weighted by molar-refractivity contribution is 4.81. The van der Waals surface area contributed by atoms with E-state index in [9.17, 15) is 0 Å². The highest BCUT2D eigenvalue weighted by Crippen LogP contribution is 2.23. The summed E-state index contributed by atoms with van der Waals surface area (Å²) < 4.78 is 0. The summed E-state index contributed by atoms with van der Waals surface area (Å²) in [7, 11) is 4.41. The lowest BCUT2D eigenvalue weighted by Crippen LogP contribution is -2.45. The third-order valence-electron chi connectivity index (χ3n) is 4.20. The number of nitrogens with one attached hydrogen (secondary N) is 1. The minimum atomic E-state index is 0.684. The van der Waals surface area contributed by atoms with Gasteiger partial charge >= 0.3 is 0 Å². The molecule has 1 N–H and O–H groups in total. The number of hydrogen-bond acceptors (Lipinski definition) is 2. The van der Waals surface area contributed by atoms with Crippen molar-refractivity contribution in [1.29, 1.82) is 0 Å². The fourth-order valence-corrected chi connectivity index (χ4v) is 2.93. The molecule has 0 aliphatic heterocycles. The highest BCUT2D eigenvalue weighted by Gasteiger charge is 2.22. The Balaban J connectivity index is 2.34. The van der Waals surface area contributed by atoms with Gasteiger partial charge in [0, 0.05) is 18.6 Å². The monoisotopic (exact) mass is 240 g/mol. The molecule has 0 radical (unpaired) electrons. The van der Waals surface area contributed by atoms with Gasteiger partial charge in [0.2, 0.25) is 0 Å². The first kappa shape index (κ1) is 15.0. The molecule has 1 rings (SSSR count). The van der Waals surface area contributed by atoms with Crippen LogP contribution in [0.25, 0.3) is 0 Å². The summed E-state index contributed by atoms with van der Waals surface area (Å²) in [5, 5.41) is 3.82. The van der Waals surface area contributed by atoms with Gasteiger partial charge < -0.3 is 10.2 Å². The molecule has 2 heteroatoms. The third-order valence-corrected chi connectivity index (χ3v) is 4.20. The minimum absolute atomic E-state index is 0.684. The van der Waals surface area contributed by atoms with Crippen LogP contribution in [-0.2, 0) is 0 Å². The SMILES string of the molecule is CC(C)CC(CNC1CCCCC1C)N(C)C. The molecule has 1 fully saturated rings. The molecule has 3 atom stereocenters. The second kappa shape index (κ2) is 7.38.